The Labute approximate surface area is 140 Å². The topological polar surface area (TPSA) is 71.2 Å². The molecule has 1 atom stereocenters. The molecule has 5 nitrogen and oxygen atoms in total. The van der Waals surface area contributed by atoms with Gasteiger partial charge in [0, 0.05) is 12.2 Å². The smallest absolute Gasteiger partial charge is 0.261 e. The van der Waals surface area contributed by atoms with Crippen LogP contribution in [0, 0.1) is 0 Å². The average Bonchev–Trinajstić information content (AvgIpc) is 3.06. The number of pyridine rings is 1. The Morgan fingerprint density at radius 3 is 3.00 bits per heavy atom. The van der Waals surface area contributed by atoms with E-state index >= 15 is 0 Å². The molecule has 1 aliphatic carbocycles. The molecular formula is C19H20N2O3. The lowest BCUT2D eigenvalue weighted by Crippen LogP contribution is -2.35. The van der Waals surface area contributed by atoms with Crippen LogP contribution in [0.15, 0.2) is 35.1 Å². The summed E-state index contributed by atoms with van der Waals surface area (Å²) < 4.78 is 5.79. The summed E-state index contributed by atoms with van der Waals surface area (Å²) in [5.41, 5.74) is 4.32. The van der Waals surface area contributed by atoms with Crippen LogP contribution in [0.4, 0.5) is 0 Å². The zero-order chi connectivity index (χ0) is 16.5. The van der Waals surface area contributed by atoms with Crippen molar-refractivity contribution in [3.05, 3.63) is 68.6 Å². The molecule has 1 aromatic carbocycles. The number of aromatic amines is 1. The first-order valence-corrected chi connectivity index (χ1v) is 8.45. The highest BCUT2D eigenvalue weighted by Gasteiger charge is 2.22. The number of nitrogens with one attached hydrogen (secondary N) is 2. The molecule has 24 heavy (non-hydrogen) atoms. The number of aryl methyl sites for hydroxylation is 2. The fourth-order valence-corrected chi connectivity index (χ4v) is 3.61. The van der Waals surface area contributed by atoms with Crippen LogP contribution in [0.25, 0.3) is 0 Å². The Balaban J connectivity index is 1.49. The highest BCUT2D eigenvalue weighted by molar-refractivity contribution is 5.94. The van der Waals surface area contributed by atoms with Crippen molar-refractivity contribution in [3.63, 3.8) is 0 Å². The van der Waals surface area contributed by atoms with Crippen LogP contribution in [-0.4, -0.2) is 24.0 Å². The Hall–Kier alpha value is -2.40. The van der Waals surface area contributed by atoms with Gasteiger partial charge in [0.2, 0.25) is 0 Å². The van der Waals surface area contributed by atoms with E-state index in [2.05, 4.69) is 16.4 Å². The molecule has 2 aliphatic rings. The predicted octanol–water partition coefficient (Wildman–Crippen LogP) is 1.91. The summed E-state index contributed by atoms with van der Waals surface area (Å²) in [7, 11) is 0. The SMILES string of the molecule is O=C(NC[C@H]1OCCc2ccccc21)c1cc2c([nH]c1=O)CCC2. The van der Waals surface area contributed by atoms with Crippen molar-refractivity contribution in [1.82, 2.24) is 10.3 Å². The van der Waals surface area contributed by atoms with Gasteiger partial charge in [-0.1, -0.05) is 24.3 Å². The van der Waals surface area contributed by atoms with Gasteiger partial charge in [-0.3, -0.25) is 9.59 Å². The Kier molecular flexibility index (Phi) is 3.94. The number of hydrogen-bond acceptors (Lipinski definition) is 3. The van der Waals surface area contributed by atoms with Crippen LogP contribution in [0.2, 0.25) is 0 Å². The van der Waals surface area contributed by atoms with E-state index in [1.165, 1.54) is 5.56 Å². The van der Waals surface area contributed by atoms with Gasteiger partial charge in [0.05, 0.1) is 6.61 Å². The van der Waals surface area contributed by atoms with E-state index in [9.17, 15) is 9.59 Å². The molecule has 0 spiro atoms. The number of carbonyl (C=O) groups excluding carboxylic acids is 1. The minimum Gasteiger partial charge on any atom is -0.371 e. The van der Waals surface area contributed by atoms with Crippen molar-refractivity contribution < 1.29 is 9.53 Å². The molecule has 0 bridgehead atoms. The van der Waals surface area contributed by atoms with E-state index in [4.69, 9.17) is 4.74 Å². The molecule has 0 unspecified atom stereocenters. The Morgan fingerprint density at radius 2 is 2.08 bits per heavy atom. The summed E-state index contributed by atoms with van der Waals surface area (Å²) in [5.74, 6) is -0.336. The summed E-state index contributed by atoms with van der Waals surface area (Å²) in [5, 5.41) is 2.86. The number of hydrogen-bond donors (Lipinski definition) is 2. The molecule has 0 fully saturated rings. The van der Waals surface area contributed by atoms with Gasteiger partial charge in [0.25, 0.3) is 11.5 Å². The quantitative estimate of drug-likeness (QED) is 0.906. The van der Waals surface area contributed by atoms with E-state index in [0.717, 1.165) is 42.5 Å². The maximum Gasteiger partial charge on any atom is 0.261 e. The third-order valence-electron chi connectivity index (χ3n) is 4.87. The fraction of sp³-hybridized carbons (Fsp3) is 0.368. The van der Waals surface area contributed by atoms with Gasteiger partial charge in [-0.2, -0.15) is 0 Å². The number of fused-ring (bicyclic) bond motifs is 2. The number of H-pyrrole nitrogens is 1. The summed E-state index contributed by atoms with van der Waals surface area (Å²) >= 11 is 0. The molecule has 1 aromatic heterocycles. The minimum absolute atomic E-state index is 0.160. The van der Waals surface area contributed by atoms with Gasteiger partial charge >= 0.3 is 0 Å². The van der Waals surface area contributed by atoms with Crippen molar-refractivity contribution in [3.8, 4) is 0 Å². The van der Waals surface area contributed by atoms with E-state index in [1.54, 1.807) is 6.07 Å². The fourth-order valence-electron chi connectivity index (χ4n) is 3.61. The van der Waals surface area contributed by atoms with E-state index in [-0.39, 0.29) is 23.1 Å². The van der Waals surface area contributed by atoms with Crippen molar-refractivity contribution in [1.29, 1.82) is 0 Å². The number of benzene rings is 1. The molecule has 4 rings (SSSR count). The van der Waals surface area contributed by atoms with Crippen LogP contribution in [0.3, 0.4) is 0 Å². The first-order chi connectivity index (χ1) is 11.7. The standard InChI is InChI=1S/C19H20N2O3/c22-18(15-10-13-5-3-7-16(13)21-19(15)23)20-11-17-14-6-2-1-4-12(14)8-9-24-17/h1-2,4,6,10,17H,3,5,7-9,11H2,(H,20,22)(H,21,23)/t17-/m1/s1. The van der Waals surface area contributed by atoms with E-state index in [1.807, 2.05) is 18.2 Å². The first-order valence-electron chi connectivity index (χ1n) is 8.45. The van der Waals surface area contributed by atoms with Crippen molar-refractivity contribution in [2.45, 2.75) is 31.8 Å². The molecule has 0 saturated carbocycles. The normalized spacial score (nSPS) is 18.8. The lowest BCUT2D eigenvalue weighted by Gasteiger charge is -2.26. The van der Waals surface area contributed by atoms with Crippen LogP contribution in [0.5, 0.6) is 0 Å². The molecule has 124 valence electrons. The lowest BCUT2D eigenvalue weighted by atomic mass is 9.97. The van der Waals surface area contributed by atoms with Gasteiger partial charge in [-0.05, 0) is 48.4 Å². The molecule has 2 N–H and O–H groups in total. The van der Waals surface area contributed by atoms with E-state index in [0.29, 0.717) is 13.2 Å². The second-order valence-corrected chi connectivity index (χ2v) is 6.39. The molecule has 1 aliphatic heterocycles. The van der Waals surface area contributed by atoms with Gasteiger partial charge in [-0.15, -0.1) is 0 Å². The molecule has 0 saturated heterocycles. The predicted molar refractivity (Wildman–Crippen MR) is 90.3 cm³/mol. The maximum absolute atomic E-state index is 12.4. The minimum atomic E-state index is -0.336. The average molecular weight is 324 g/mol. The lowest BCUT2D eigenvalue weighted by molar-refractivity contribution is 0.0411. The van der Waals surface area contributed by atoms with Gasteiger partial charge < -0.3 is 15.0 Å². The second-order valence-electron chi connectivity index (χ2n) is 6.39. The molecule has 1 amide bonds. The largest absolute Gasteiger partial charge is 0.371 e. The molecule has 5 heteroatoms. The van der Waals surface area contributed by atoms with Crippen LogP contribution in [-0.2, 0) is 24.0 Å². The highest BCUT2D eigenvalue weighted by Crippen LogP contribution is 2.26. The first kappa shape index (κ1) is 15.1. The van der Waals surface area contributed by atoms with Crippen LogP contribution >= 0.6 is 0 Å². The molecule has 2 aromatic rings. The van der Waals surface area contributed by atoms with Gasteiger partial charge in [0.15, 0.2) is 0 Å². The number of aromatic nitrogens is 1. The van der Waals surface area contributed by atoms with Gasteiger partial charge in [0.1, 0.15) is 11.7 Å². The summed E-state index contributed by atoms with van der Waals surface area (Å²) in [4.78, 5) is 27.4. The van der Waals surface area contributed by atoms with E-state index < -0.39 is 0 Å². The Morgan fingerprint density at radius 1 is 1.21 bits per heavy atom. The zero-order valence-electron chi connectivity index (χ0n) is 13.4. The molecule has 0 radical (unpaired) electrons. The summed E-state index contributed by atoms with van der Waals surface area (Å²) in [6, 6.07) is 9.87. The van der Waals surface area contributed by atoms with Crippen molar-refractivity contribution in [2.24, 2.45) is 0 Å². The molecular weight excluding hydrogens is 304 g/mol. The Bertz CT molecular complexity index is 841. The zero-order valence-corrected chi connectivity index (χ0v) is 13.4. The maximum atomic E-state index is 12.4. The molecule has 2 heterocycles. The monoisotopic (exact) mass is 324 g/mol. The number of ether oxygens (including phenoxy) is 1. The summed E-state index contributed by atoms with van der Waals surface area (Å²) in [6.45, 7) is 1.02. The third kappa shape index (κ3) is 2.76. The van der Waals surface area contributed by atoms with Gasteiger partial charge in [-0.25, -0.2) is 0 Å². The highest BCUT2D eigenvalue weighted by atomic mass is 16.5. The number of amides is 1. The van der Waals surface area contributed by atoms with Crippen molar-refractivity contribution >= 4 is 5.91 Å². The third-order valence-corrected chi connectivity index (χ3v) is 4.87. The number of carbonyl (C=O) groups is 1. The summed E-state index contributed by atoms with van der Waals surface area (Å²) in [6.07, 6.45) is 3.58. The number of rotatable bonds is 3. The van der Waals surface area contributed by atoms with Crippen LogP contribution < -0.4 is 10.9 Å². The second kappa shape index (κ2) is 6.24. The van der Waals surface area contributed by atoms with Crippen LogP contribution in [0.1, 0.15) is 45.3 Å². The van der Waals surface area contributed by atoms with Crippen molar-refractivity contribution in [2.75, 3.05) is 13.2 Å².